The van der Waals surface area contributed by atoms with Crippen LogP contribution in [0.2, 0.25) is 0 Å². The second kappa shape index (κ2) is 10.8. The number of hydrogen-bond acceptors (Lipinski definition) is 0. The van der Waals surface area contributed by atoms with Crippen LogP contribution in [0.5, 0.6) is 0 Å². The Bertz CT molecular complexity index is 644. The van der Waals surface area contributed by atoms with E-state index < -0.39 is 0 Å². The van der Waals surface area contributed by atoms with Crippen molar-refractivity contribution in [2.24, 2.45) is 23.7 Å². The molecule has 0 amide bonds. The van der Waals surface area contributed by atoms with Gasteiger partial charge >= 0.3 is 0 Å². The molecule has 0 unspecified atom stereocenters. The van der Waals surface area contributed by atoms with Gasteiger partial charge in [-0.25, -0.2) is 0 Å². The van der Waals surface area contributed by atoms with Gasteiger partial charge in [-0.05, 0) is 137 Å². The summed E-state index contributed by atoms with van der Waals surface area (Å²) in [5.74, 6) is 5.47. The van der Waals surface area contributed by atoms with E-state index in [0.717, 1.165) is 35.5 Å². The van der Waals surface area contributed by atoms with Crippen LogP contribution in [-0.4, -0.2) is 0 Å². The topological polar surface area (TPSA) is 0 Å². The number of allylic oxidation sites excluding steroid dienone is 2. The Kier molecular flexibility index (Phi) is 7.91. The van der Waals surface area contributed by atoms with Gasteiger partial charge in [0.2, 0.25) is 0 Å². The average molecular weight is 405 g/mol. The Morgan fingerprint density at radius 2 is 0.867 bits per heavy atom. The first-order chi connectivity index (χ1) is 14.8. The molecular formula is C30H44. The largest absolute Gasteiger partial charge is 0.103 e. The van der Waals surface area contributed by atoms with Crippen LogP contribution < -0.4 is 0 Å². The lowest BCUT2D eigenvalue weighted by molar-refractivity contribution is 0.160. The van der Waals surface area contributed by atoms with Crippen molar-refractivity contribution >= 4 is 0 Å². The third kappa shape index (κ3) is 5.49. The van der Waals surface area contributed by atoms with Crippen LogP contribution >= 0.6 is 0 Å². The molecule has 30 heavy (non-hydrogen) atoms. The van der Waals surface area contributed by atoms with Gasteiger partial charge in [0.05, 0.1) is 0 Å². The van der Waals surface area contributed by atoms with E-state index in [-0.39, 0.29) is 0 Å². The molecule has 0 atom stereocenters. The minimum atomic E-state index is 0.798. The van der Waals surface area contributed by atoms with E-state index in [4.69, 9.17) is 0 Å². The van der Waals surface area contributed by atoms with Gasteiger partial charge in [-0.3, -0.25) is 0 Å². The summed E-state index contributed by atoms with van der Waals surface area (Å²) in [6, 6.07) is 9.91. The maximum Gasteiger partial charge on any atom is -0.0162 e. The van der Waals surface area contributed by atoms with Crippen molar-refractivity contribution in [2.45, 2.75) is 102 Å². The van der Waals surface area contributed by atoms with E-state index >= 15 is 0 Å². The fourth-order valence-electron chi connectivity index (χ4n) is 7.06. The maximum atomic E-state index is 3.94. The van der Waals surface area contributed by atoms with Crippen molar-refractivity contribution in [3.8, 4) is 0 Å². The molecule has 0 nitrogen and oxygen atoms in total. The van der Waals surface area contributed by atoms with Crippen molar-refractivity contribution in [3.05, 3.63) is 60.7 Å². The number of rotatable bonds is 7. The van der Waals surface area contributed by atoms with Gasteiger partial charge in [0.25, 0.3) is 0 Å². The molecule has 0 saturated heterocycles. The summed E-state index contributed by atoms with van der Waals surface area (Å²) in [5, 5.41) is 0. The van der Waals surface area contributed by atoms with Crippen LogP contribution in [0.25, 0.3) is 0 Å². The van der Waals surface area contributed by atoms with Gasteiger partial charge in [0.1, 0.15) is 0 Å². The SMILES string of the molecule is C=CC[C@H]1CC[C@H](c2ccc(C3CCC([C@H]4CC[C@H](CC=C)CC4)CC3)cc2)CC1. The molecule has 0 spiro atoms. The molecule has 3 aliphatic carbocycles. The fraction of sp³-hybridized carbons (Fsp3) is 0.667. The predicted octanol–water partition coefficient (Wildman–Crippen LogP) is 9.19. The molecule has 1 aromatic carbocycles. The summed E-state index contributed by atoms with van der Waals surface area (Å²) in [4.78, 5) is 0. The molecule has 4 rings (SSSR count). The van der Waals surface area contributed by atoms with Crippen LogP contribution in [0.1, 0.15) is 113 Å². The number of hydrogen-bond donors (Lipinski definition) is 0. The quantitative estimate of drug-likeness (QED) is 0.397. The molecule has 0 radical (unpaired) electrons. The van der Waals surface area contributed by atoms with Crippen molar-refractivity contribution in [3.63, 3.8) is 0 Å². The summed E-state index contributed by atoms with van der Waals surface area (Å²) in [5.41, 5.74) is 3.22. The Labute approximate surface area is 186 Å². The van der Waals surface area contributed by atoms with E-state index in [1.807, 2.05) is 0 Å². The molecule has 0 aromatic heterocycles. The van der Waals surface area contributed by atoms with Crippen LogP contribution in [0.3, 0.4) is 0 Å². The lowest BCUT2D eigenvalue weighted by Gasteiger charge is -2.38. The highest BCUT2D eigenvalue weighted by Crippen LogP contribution is 2.45. The van der Waals surface area contributed by atoms with Crippen molar-refractivity contribution in [2.75, 3.05) is 0 Å². The van der Waals surface area contributed by atoms with Gasteiger partial charge in [0.15, 0.2) is 0 Å². The molecule has 3 aliphatic rings. The lowest BCUT2D eigenvalue weighted by atomic mass is 9.68. The number of benzene rings is 1. The molecule has 3 fully saturated rings. The molecule has 3 saturated carbocycles. The van der Waals surface area contributed by atoms with Gasteiger partial charge in [-0.15, -0.1) is 13.2 Å². The first-order valence-corrected chi connectivity index (χ1v) is 13.1. The predicted molar refractivity (Wildman–Crippen MR) is 131 cm³/mol. The van der Waals surface area contributed by atoms with Gasteiger partial charge in [-0.1, -0.05) is 36.4 Å². The standard InChI is InChI=1S/C30H44/c1-3-5-23-7-11-25(12-8-23)27-15-19-29(20-16-27)30-21-17-28(18-22-30)26-13-9-24(6-4-2)10-14-26/h3-4,15-16,19-20,23-26,28,30H,1-2,5-14,17-18,21-22H2/t23-,24-,25-,26-,28?,30?. The first-order valence-electron chi connectivity index (χ1n) is 13.1. The lowest BCUT2D eigenvalue weighted by Crippen LogP contribution is -2.25. The van der Waals surface area contributed by atoms with Gasteiger partial charge in [0, 0.05) is 0 Å². The molecule has 164 valence electrons. The smallest absolute Gasteiger partial charge is 0.0162 e. The van der Waals surface area contributed by atoms with Crippen LogP contribution in [0.4, 0.5) is 0 Å². The van der Waals surface area contributed by atoms with Crippen LogP contribution in [0.15, 0.2) is 49.6 Å². The summed E-state index contributed by atoms with van der Waals surface area (Å²) < 4.78 is 0. The molecule has 0 aliphatic heterocycles. The minimum absolute atomic E-state index is 0.798. The van der Waals surface area contributed by atoms with E-state index in [2.05, 4.69) is 49.6 Å². The fourth-order valence-corrected chi connectivity index (χ4v) is 7.06. The van der Waals surface area contributed by atoms with Gasteiger partial charge in [-0.2, -0.15) is 0 Å². The monoisotopic (exact) mass is 404 g/mol. The Balaban J connectivity index is 1.23. The van der Waals surface area contributed by atoms with E-state index in [1.54, 1.807) is 11.1 Å². The molecule has 0 N–H and O–H groups in total. The highest BCUT2D eigenvalue weighted by atomic mass is 14.4. The van der Waals surface area contributed by atoms with Crippen molar-refractivity contribution in [1.29, 1.82) is 0 Å². The third-order valence-corrected chi connectivity index (χ3v) is 9.06. The van der Waals surface area contributed by atoms with Crippen LogP contribution in [0, 0.1) is 23.7 Å². The minimum Gasteiger partial charge on any atom is -0.103 e. The van der Waals surface area contributed by atoms with E-state index in [1.165, 1.54) is 89.9 Å². The van der Waals surface area contributed by atoms with Gasteiger partial charge < -0.3 is 0 Å². The molecular weight excluding hydrogens is 360 g/mol. The molecule has 1 aromatic rings. The van der Waals surface area contributed by atoms with E-state index in [9.17, 15) is 0 Å². The second-order valence-corrected chi connectivity index (χ2v) is 10.8. The summed E-state index contributed by atoms with van der Waals surface area (Å²) in [6.07, 6.45) is 23.9. The zero-order valence-electron chi connectivity index (χ0n) is 19.2. The first kappa shape index (κ1) is 21.9. The van der Waals surface area contributed by atoms with E-state index in [0.29, 0.717) is 0 Å². The summed E-state index contributed by atoms with van der Waals surface area (Å²) in [7, 11) is 0. The zero-order valence-corrected chi connectivity index (χ0v) is 19.2. The average Bonchev–Trinajstić information content (AvgIpc) is 2.81. The molecule has 0 heteroatoms. The molecule has 0 bridgehead atoms. The van der Waals surface area contributed by atoms with Crippen molar-refractivity contribution in [1.82, 2.24) is 0 Å². The van der Waals surface area contributed by atoms with Crippen molar-refractivity contribution < 1.29 is 0 Å². The summed E-state index contributed by atoms with van der Waals surface area (Å²) in [6.45, 7) is 7.86. The van der Waals surface area contributed by atoms with Crippen LogP contribution in [-0.2, 0) is 0 Å². The Hall–Kier alpha value is -1.30. The Morgan fingerprint density at radius 1 is 0.533 bits per heavy atom. The summed E-state index contributed by atoms with van der Waals surface area (Å²) >= 11 is 0. The highest BCUT2D eigenvalue weighted by Gasteiger charge is 2.31. The normalized spacial score (nSPS) is 34.9. The second-order valence-electron chi connectivity index (χ2n) is 10.8. The zero-order chi connectivity index (χ0) is 20.8. The highest BCUT2D eigenvalue weighted by molar-refractivity contribution is 5.28. The maximum absolute atomic E-state index is 3.94. The molecule has 0 heterocycles. The Morgan fingerprint density at radius 3 is 1.27 bits per heavy atom. The third-order valence-electron chi connectivity index (χ3n) is 9.06.